The van der Waals surface area contributed by atoms with Crippen LogP contribution in [-0.2, 0) is 16.4 Å². The van der Waals surface area contributed by atoms with E-state index in [0.717, 1.165) is 23.1 Å². The van der Waals surface area contributed by atoms with Crippen molar-refractivity contribution >= 4 is 20.8 Å². The van der Waals surface area contributed by atoms with Crippen molar-refractivity contribution in [3.8, 4) is 0 Å². The number of benzene rings is 1. The minimum atomic E-state index is -3.55. The molecule has 0 spiro atoms. The smallest absolute Gasteiger partial charge is 0.241 e. The lowest BCUT2D eigenvalue weighted by molar-refractivity contribution is 0.580. The van der Waals surface area contributed by atoms with E-state index < -0.39 is 10.0 Å². The predicted octanol–water partition coefficient (Wildman–Crippen LogP) is 2.18. The fourth-order valence-electron chi connectivity index (χ4n) is 2.55. The van der Waals surface area contributed by atoms with Crippen LogP contribution in [0.3, 0.4) is 0 Å². The number of nitrogens with one attached hydrogen (secondary N) is 2. The van der Waals surface area contributed by atoms with E-state index >= 15 is 0 Å². The average molecular weight is 330 g/mol. The van der Waals surface area contributed by atoms with Crippen molar-refractivity contribution < 1.29 is 8.42 Å². The maximum atomic E-state index is 12.6. The van der Waals surface area contributed by atoms with Crippen LogP contribution in [-0.4, -0.2) is 30.1 Å². The third-order valence-corrected chi connectivity index (χ3v) is 5.26. The van der Waals surface area contributed by atoms with Crippen LogP contribution in [0.4, 0.5) is 0 Å². The molecule has 0 aliphatic carbocycles. The standard InChI is InChI=1S/C16H18N4O2S/c1-12-14-5-2-6-16(15(14)7-9-17-12)23(21,22)20-8-3-4-13-10-18-19-11-13/h2,5-7,9-11,20H,3-4,8H2,1H3,(H,18,19). The third kappa shape index (κ3) is 3.40. The molecule has 23 heavy (non-hydrogen) atoms. The molecule has 0 fully saturated rings. The number of hydrogen-bond acceptors (Lipinski definition) is 4. The molecule has 3 rings (SSSR count). The van der Waals surface area contributed by atoms with Gasteiger partial charge in [0.15, 0.2) is 0 Å². The highest BCUT2D eigenvalue weighted by atomic mass is 32.2. The van der Waals surface area contributed by atoms with Gasteiger partial charge in [-0.3, -0.25) is 10.1 Å². The monoisotopic (exact) mass is 330 g/mol. The van der Waals surface area contributed by atoms with Crippen LogP contribution in [0.5, 0.6) is 0 Å². The summed E-state index contributed by atoms with van der Waals surface area (Å²) in [4.78, 5) is 4.51. The second-order valence-corrected chi connectivity index (χ2v) is 7.09. The molecule has 0 atom stereocenters. The van der Waals surface area contributed by atoms with Gasteiger partial charge in [0.1, 0.15) is 0 Å². The number of aromatic amines is 1. The second kappa shape index (κ2) is 6.47. The van der Waals surface area contributed by atoms with Gasteiger partial charge in [-0.1, -0.05) is 12.1 Å². The van der Waals surface area contributed by atoms with Gasteiger partial charge < -0.3 is 0 Å². The number of sulfonamides is 1. The Kier molecular flexibility index (Phi) is 4.40. The van der Waals surface area contributed by atoms with E-state index in [1.165, 1.54) is 0 Å². The summed E-state index contributed by atoms with van der Waals surface area (Å²) in [5, 5.41) is 8.17. The number of fused-ring (bicyclic) bond motifs is 1. The first-order valence-electron chi connectivity index (χ1n) is 7.39. The minimum Gasteiger partial charge on any atom is -0.285 e. The van der Waals surface area contributed by atoms with E-state index in [-0.39, 0.29) is 0 Å². The van der Waals surface area contributed by atoms with Crippen LogP contribution < -0.4 is 4.72 Å². The Hall–Kier alpha value is -2.25. The zero-order valence-electron chi connectivity index (χ0n) is 12.8. The van der Waals surface area contributed by atoms with E-state index in [2.05, 4.69) is 19.9 Å². The first-order valence-corrected chi connectivity index (χ1v) is 8.88. The van der Waals surface area contributed by atoms with Gasteiger partial charge in [0.2, 0.25) is 10.0 Å². The molecular weight excluding hydrogens is 312 g/mol. The van der Waals surface area contributed by atoms with Gasteiger partial charge in [-0.15, -0.1) is 0 Å². The van der Waals surface area contributed by atoms with E-state index in [4.69, 9.17) is 0 Å². The summed E-state index contributed by atoms with van der Waals surface area (Å²) in [6.45, 7) is 2.26. The quantitative estimate of drug-likeness (QED) is 0.678. The van der Waals surface area contributed by atoms with Gasteiger partial charge in [-0.05, 0) is 37.5 Å². The summed E-state index contributed by atoms with van der Waals surface area (Å²) >= 11 is 0. The Balaban J connectivity index is 1.76. The van der Waals surface area contributed by atoms with Crippen LogP contribution in [0.15, 0.2) is 47.8 Å². The third-order valence-electron chi connectivity index (χ3n) is 3.74. The summed E-state index contributed by atoms with van der Waals surface area (Å²) in [6.07, 6.45) is 6.68. The molecule has 0 saturated heterocycles. The molecule has 2 N–H and O–H groups in total. The van der Waals surface area contributed by atoms with Crippen molar-refractivity contribution in [3.05, 3.63) is 54.1 Å². The summed E-state index contributed by atoms with van der Waals surface area (Å²) in [5.74, 6) is 0. The molecule has 0 saturated carbocycles. The molecule has 0 radical (unpaired) electrons. The van der Waals surface area contributed by atoms with Crippen molar-refractivity contribution in [3.63, 3.8) is 0 Å². The van der Waals surface area contributed by atoms with Crippen molar-refractivity contribution in [2.45, 2.75) is 24.7 Å². The maximum absolute atomic E-state index is 12.6. The van der Waals surface area contributed by atoms with Crippen LogP contribution in [0.1, 0.15) is 17.7 Å². The lowest BCUT2D eigenvalue weighted by Gasteiger charge is -2.10. The SMILES string of the molecule is Cc1nccc2c(S(=O)(=O)NCCCc3cn[nH]c3)cccc12. The molecule has 6 nitrogen and oxygen atoms in total. The molecule has 7 heteroatoms. The number of H-pyrrole nitrogens is 1. The highest BCUT2D eigenvalue weighted by molar-refractivity contribution is 7.89. The van der Waals surface area contributed by atoms with Crippen LogP contribution in [0.25, 0.3) is 10.8 Å². The number of hydrogen-bond donors (Lipinski definition) is 2. The molecule has 0 amide bonds. The highest BCUT2D eigenvalue weighted by Gasteiger charge is 2.17. The Labute approximate surface area is 135 Å². The van der Waals surface area contributed by atoms with Gasteiger partial charge in [0.25, 0.3) is 0 Å². The fraction of sp³-hybridized carbons (Fsp3) is 0.250. The van der Waals surface area contributed by atoms with Crippen LogP contribution >= 0.6 is 0 Å². The normalized spacial score (nSPS) is 11.9. The summed E-state index contributed by atoms with van der Waals surface area (Å²) in [5.41, 5.74) is 1.88. The molecule has 0 aliphatic heterocycles. The van der Waals surface area contributed by atoms with Crippen molar-refractivity contribution in [2.75, 3.05) is 6.54 Å². The number of aryl methyl sites for hydroxylation is 2. The number of rotatable bonds is 6. The van der Waals surface area contributed by atoms with Gasteiger partial charge in [0, 0.05) is 35.4 Å². The number of pyridine rings is 1. The fourth-order valence-corrected chi connectivity index (χ4v) is 3.84. The summed E-state index contributed by atoms with van der Waals surface area (Å²) < 4.78 is 27.8. The molecule has 1 aromatic carbocycles. The second-order valence-electron chi connectivity index (χ2n) is 5.36. The Bertz CT molecular complexity index is 905. The van der Waals surface area contributed by atoms with Gasteiger partial charge >= 0.3 is 0 Å². The average Bonchev–Trinajstić information content (AvgIpc) is 3.05. The van der Waals surface area contributed by atoms with E-state index in [1.807, 2.05) is 19.2 Å². The lowest BCUT2D eigenvalue weighted by Crippen LogP contribution is -2.25. The molecule has 3 aromatic rings. The van der Waals surface area contributed by atoms with Gasteiger partial charge in [-0.25, -0.2) is 13.1 Å². The topological polar surface area (TPSA) is 87.7 Å². The van der Waals surface area contributed by atoms with E-state index in [0.29, 0.717) is 23.2 Å². The molecule has 0 bridgehead atoms. The molecule has 120 valence electrons. The van der Waals surface area contributed by atoms with Crippen molar-refractivity contribution in [2.24, 2.45) is 0 Å². The summed E-state index contributed by atoms with van der Waals surface area (Å²) in [6, 6.07) is 7.00. The molecule has 0 unspecified atom stereocenters. The van der Waals surface area contributed by atoms with E-state index in [9.17, 15) is 8.42 Å². The lowest BCUT2D eigenvalue weighted by atomic mass is 10.1. The van der Waals surface area contributed by atoms with Gasteiger partial charge in [0.05, 0.1) is 11.1 Å². The number of aromatic nitrogens is 3. The molecular formula is C16H18N4O2S. The highest BCUT2D eigenvalue weighted by Crippen LogP contribution is 2.24. The minimum absolute atomic E-state index is 0.295. The predicted molar refractivity (Wildman–Crippen MR) is 88.6 cm³/mol. The zero-order valence-corrected chi connectivity index (χ0v) is 13.6. The van der Waals surface area contributed by atoms with Crippen molar-refractivity contribution in [1.82, 2.24) is 19.9 Å². The molecule has 2 heterocycles. The van der Waals surface area contributed by atoms with Gasteiger partial charge in [-0.2, -0.15) is 5.10 Å². The van der Waals surface area contributed by atoms with Crippen LogP contribution in [0.2, 0.25) is 0 Å². The maximum Gasteiger partial charge on any atom is 0.241 e. The number of nitrogens with zero attached hydrogens (tertiary/aromatic N) is 2. The molecule has 2 aromatic heterocycles. The largest absolute Gasteiger partial charge is 0.285 e. The van der Waals surface area contributed by atoms with Crippen LogP contribution in [0, 0.1) is 6.92 Å². The first kappa shape index (κ1) is 15.6. The first-order chi connectivity index (χ1) is 11.1. The Morgan fingerprint density at radius 2 is 2.09 bits per heavy atom. The Morgan fingerprint density at radius 3 is 2.87 bits per heavy atom. The van der Waals surface area contributed by atoms with E-state index in [1.54, 1.807) is 30.6 Å². The summed E-state index contributed by atoms with van der Waals surface area (Å²) in [7, 11) is -3.55. The Morgan fingerprint density at radius 1 is 1.22 bits per heavy atom. The zero-order chi connectivity index (χ0) is 16.3. The van der Waals surface area contributed by atoms with Crippen molar-refractivity contribution in [1.29, 1.82) is 0 Å². The molecule has 0 aliphatic rings.